The second kappa shape index (κ2) is 6.15. The fraction of sp³-hybridized carbons (Fsp3) is 0.545. The third-order valence-electron chi connectivity index (χ3n) is 2.05. The minimum Gasteiger partial charge on any atom is -0.478 e. The number of aromatic nitrogens is 2. The third kappa shape index (κ3) is 3.99. The number of aryl methyl sites for hydroxylation is 1. The molecule has 1 N–H and O–H groups in total. The first-order valence-electron chi connectivity index (χ1n) is 5.36. The van der Waals surface area contributed by atoms with Crippen molar-refractivity contribution in [2.45, 2.75) is 26.9 Å². The summed E-state index contributed by atoms with van der Waals surface area (Å²) < 4.78 is 10.6. The number of carboxylic acids is 1. The molecule has 0 amide bonds. The lowest BCUT2D eigenvalue weighted by Crippen LogP contribution is -2.20. The molecular formula is C11H16N2O4. The summed E-state index contributed by atoms with van der Waals surface area (Å²) in [5.74, 6) is -1.04. The van der Waals surface area contributed by atoms with Gasteiger partial charge < -0.3 is 14.6 Å². The topological polar surface area (TPSA) is 81.5 Å². The van der Waals surface area contributed by atoms with E-state index in [9.17, 15) is 4.79 Å². The lowest BCUT2D eigenvalue weighted by molar-refractivity contribution is 0.0603. The Morgan fingerprint density at radius 3 is 2.82 bits per heavy atom. The van der Waals surface area contributed by atoms with Gasteiger partial charge in [-0.05, 0) is 20.8 Å². The van der Waals surface area contributed by atoms with Gasteiger partial charge in [0.05, 0.1) is 17.9 Å². The molecule has 0 aromatic carbocycles. The molecule has 0 radical (unpaired) electrons. The van der Waals surface area contributed by atoms with Crippen LogP contribution in [0.3, 0.4) is 0 Å². The second-order valence-corrected chi connectivity index (χ2v) is 3.54. The normalized spacial score (nSPS) is 12.2. The van der Waals surface area contributed by atoms with Crippen LogP contribution in [0.25, 0.3) is 0 Å². The summed E-state index contributed by atoms with van der Waals surface area (Å²) in [6.45, 7) is 6.39. The van der Waals surface area contributed by atoms with Crippen molar-refractivity contribution in [2.24, 2.45) is 0 Å². The van der Waals surface area contributed by atoms with Crippen LogP contribution in [0.15, 0.2) is 6.20 Å². The first kappa shape index (κ1) is 13.4. The summed E-state index contributed by atoms with van der Waals surface area (Å²) in [5, 5.41) is 8.81. The molecule has 0 spiro atoms. The Morgan fingerprint density at radius 1 is 1.59 bits per heavy atom. The van der Waals surface area contributed by atoms with Crippen molar-refractivity contribution >= 4 is 5.97 Å². The number of ether oxygens (including phenoxy) is 2. The van der Waals surface area contributed by atoms with Crippen LogP contribution >= 0.6 is 0 Å². The fourth-order valence-corrected chi connectivity index (χ4v) is 1.21. The number of hydrogen-bond donors (Lipinski definition) is 1. The Labute approximate surface area is 99.6 Å². The van der Waals surface area contributed by atoms with Gasteiger partial charge in [-0.1, -0.05) is 0 Å². The van der Waals surface area contributed by atoms with Gasteiger partial charge in [0, 0.05) is 12.8 Å². The van der Waals surface area contributed by atoms with Gasteiger partial charge in [-0.15, -0.1) is 0 Å². The van der Waals surface area contributed by atoms with E-state index < -0.39 is 5.97 Å². The van der Waals surface area contributed by atoms with Crippen LogP contribution in [-0.4, -0.2) is 40.4 Å². The van der Waals surface area contributed by atoms with E-state index in [-0.39, 0.29) is 17.7 Å². The molecular weight excluding hydrogens is 224 g/mol. The van der Waals surface area contributed by atoms with Gasteiger partial charge in [-0.25, -0.2) is 9.78 Å². The molecule has 1 aromatic rings. The minimum absolute atomic E-state index is 0.0785. The lowest BCUT2D eigenvalue weighted by Gasteiger charge is -2.13. The molecule has 6 nitrogen and oxygen atoms in total. The highest BCUT2D eigenvalue weighted by Gasteiger charge is 2.12. The van der Waals surface area contributed by atoms with E-state index in [1.807, 2.05) is 13.8 Å². The molecule has 1 rings (SSSR count). The molecule has 1 atom stereocenters. The van der Waals surface area contributed by atoms with Crippen molar-refractivity contribution in [3.8, 4) is 6.01 Å². The van der Waals surface area contributed by atoms with Crippen molar-refractivity contribution < 1.29 is 19.4 Å². The molecule has 0 aliphatic heterocycles. The Balaban J connectivity index is 2.67. The smallest absolute Gasteiger partial charge is 0.339 e. The van der Waals surface area contributed by atoms with Gasteiger partial charge in [0.15, 0.2) is 0 Å². The summed E-state index contributed by atoms with van der Waals surface area (Å²) in [5.41, 5.74) is 0.459. The van der Waals surface area contributed by atoms with Gasteiger partial charge in [0.1, 0.15) is 6.10 Å². The number of hydrogen-bond acceptors (Lipinski definition) is 5. The maximum atomic E-state index is 10.8. The van der Waals surface area contributed by atoms with E-state index >= 15 is 0 Å². The first-order chi connectivity index (χ1) is 8.04. The first-order valence-corrected chi connectivity index (χ1v) is 5.36. The summed E-state index contributed by atoms with van der Waals surface area (Å²) in [4.78, 5) is 18.6. The molecule has 0 saturated carbocycles. The molecule has 1 heterocycles. The molecule has 17 heavy (non-hydrogen) atoms. The second-order valence-electron chi connectivity index (χ2n) is 3.54. The molecule has 6 heteroatoms. The van der Waals surface area contributed by atoms with Gasteiger partial charge >= 0.3 is 12.0 Å². The van der Waals surface area contributed by atoms with Crippen LogP contribution < -0.4 is 4.74 Å². The molecule has 0 bridgehead atoms. The van der Waals surface area contributed by atoms with E-state index in [0.29, 0.717) is 18.9 Å². The average molecular weight is 240 g/mol. The van der Waals surface area contributed by atoms with Crippen molar-refractivity contribution in [2.75, 3.05) is 13.2 Å². The van der Waals surface area contributed by atoms with Gasteiger partial charge in [-0.3, -0.25) is 0 Å². The van der Waals surface area contributed by atoms with Gasteiger partial charge in [0.25, 0.3) is 0 Å². The molecule has 0 aliphatic rings. The Morgan fingerprint density at radius 2 is 2.29 bits per heavy atom. The van der Waals surface area contributed by atoms with E-state index in [4.69, 9.17) is 14.6 Å². The number of rotatable bonds is 6. The highest BCUT2D eigenvalue weighted by molar-refractivity contribution is 5.88. The van der Waals surface area contributed by atoms with Crippen LogP contribution in [0.1, 0.15) is 29.9 Å². The standard InChI is InChI=1S/C11H16N2O4/c1-4-16-6-7(2)17-11-12-5-9(10(14)15)8(3)13-11/h5,7H,4,6H2,1-3H3,(H,14,15). The molecule has 1 unspecified atom stereocenters. The monoisotopic (exact) mass is 240 g/mol. The highest BCUT2D eigenvalue weighted by atomic mass is 16.5. The zero-order valence-corrected chi connectivity index (χ0v) is 10.1. The van der Waals surface area contributed by atoms with E-state index in [0.717, 1.165) is 0 Å². The summed E-state index contributed by atoms with van der Waals surface area (Å²) >= 11 is 0. The van der Waals surface area contributed by atoms with Gasteiger partial charge in [0.2, 0.25) is 0 Å². The van der Waals surface area contributed by atoms with E-state index in [1.165, 1.54) is 6.20 Å². The number of carboxylic acid groups (broad SMARTS) is 1. The van der Waals surface area contributed by atoms with Crippen LogP contribution in [0.4, 0.5) is 0 Å². The summed E-state index contributed by atoms with van der Waals surface area (Å²) in [6.07, 6.45) is 1.07. The van der Waals surface area contributed by atoms with Crippen LogP contribution in [0, 0.1) is 6.92 Å². The van der Waals surface area contributed by atoms with Crippen LogP contribution in [-0.2, 0) is 4.74 Å². The van der Waals surface area contributed by atoms with Gasteiger partial charge in [-0.2, -0.15) is 4.98 Å². The molecule has 1 aromatic heterocycles. The van der Waals surface area contributed by atoms with Crippen LogP contribution in [0.2, 0.25) is 0 Å². The Hall–Kier alpha value is -1.69. The van der Waals surface area contributed by atoms with E-state index in [1.54, 1.807) is 6.92 Å². The maximum Gasteiger partial charge on any atom is 0.339 e. The number of aromatic carboxylic acids is 1. The highest BCUT2D eigenvalue weighted by Crippen LogP contribution is 2.10. The maximum absolute atomic E-state index is 10.8. The molecule has 94 valence electrons. The van der Waals surface area contributed by atoms with Crippen LogP contribution in [0.5, 0.6) is 6.01 Å². The summed E-state index contributed by atoms with van der Waals surface area (Å²) in [7, 11) is 0. The lowest BCUT2D eigenvalue weighted by atomic mass is 10.2. The van der Waals surface area contributed by atoms with Crippen molar-refractivity contribution in [3.05, 3.63) is 17.5 Å². The summed E-state index contributed by atoms with van der Waals surface area (Å²) in [6, 6.07) is 0.166. The predicted molar refractivity (Wildman–Crippen MR) is 60.3 cm³/mol. The zero-order chi connectivity index (χ0) is 12.8. The Kier molecular flexibility index (Phi) is 4.84. The molecule has 0 aliphatic carbocycles. The SMILES string of the molecule is CCOCC(C)Oc1ncc(C(=O)O)c(C)n1. The largest absolute Gasteiger partial charge is 0.478 e. The number of nitrogens with zero attached hydrogens (tertiary/aromatic N) is 2. The Bertz CT molecular complexity index is 395. The fourth-order valence-electron chi connectivity index (χ4n) is 1.21. The quantitative estimate of drug-likeness (QED) is 0.806. The average Bonchev–Trinajstić information content (AvgIpc) is 2.26. The number of carbonyl (C=O) groups is 1. The zero-order valence-electron chi connectivity index (χ0n) is 10.1. The van der Waals surface area contributed by atoms with Crippen molar-refractivity contribution in [3.63, 3.8) is 0 Å². The third-order valence-corrected chi connectivity index (χ3v) is 2.05. The minimum atomic E-state index is -1.04. The van der Waals surface area contributed by atoms with Crippen molar-refractivity contribution in [1.29, 1.82) is 0 Å². The van der Waals surface area contributed by atoms with Crippen molar-refractivity contribution in [1.82, 2.24) is 9.97 Å². The molecule has 0 saturated heterocycles. The molecule has 0 fully saturated rings. The predicted octanol–water partition coefficient (Wildman–Crippen LogP) is 1.29. The van der Waals surface area contributed by atoms with E-state index in [2.05, 4.69) is 9.97 Å².